The van der Waals surface area contributed by atoms with Crippen LogP contribution < -0.4 is 14.8 Å². The summed E-state index contributed by atoms with van der Waals surface area (Å²) in [6.45, 7) is 7.07. The number of thioether (sulfide) groups is 1. The summed E-state index contributed by atoms with van der Waals surface area (Å²) in [5.74, 6) is 2.18. The highest BCUT2D eigenvalue weighted by atomic mass is 35.5. The minimum absolute atomic E-state index is 0.0700. The average Bonchev–Trinajstić information content (AvgIpc) is 3.39. The molecule has 10 heteroatoms. The van der Waals surface area contributed by atoms with E-state index >= 15 is 0 Å². The molecule has 2 aliphatic rings. The number of halogens is 1. The van der Waals surface area contributed by atoms with Crippen LogP contribution in [0.25, 0.3) is 0 Å². The number of anilines is 1. The fourth-order valence-electron chi connectivity index (χ4n) is 5.33. The van der Waals surface area contributed by atoms with Gasteiger partial charge in [-0.05, 0) is 75.3 Å². The van der Waals surface area contributed by atoms with E-state index in [-0.39, 0.29) is 12.1 Å². The molecule has 8 nitrogen and oxygen atoms in total. The fraction of sp³-hybridized carbons (Fsp3) is 0.469. The Morgan fingerprint density at radius 2 is 1.90 bits per heavy atom. The first kappa shape index (κ1) is 30.3. The number of hydrogen-bond donors (Lipinski definition) is 1. The summed E-state index contributed by atoms with van der Waals surface area (Å²) in [5.41, 5.74) is 3.06. The highest BCUT2D eigenvalue weighted by Gasteiger charge is 2.37. The predicted molar refractivity (Wildman–Crippen MR) is 166 cm³/mol. The fourth-order valence-corrected chi connectivity index (χ4v) is 6.44. The molecule has 1 unspecified atom stereocenters. The number of ether oxygens (including phenoxy) is 3. The van der Waals surface area contributed by atoms with E-state index in [2.05, 4.69) is 12.2 Å². The summed E-state index contributed by atoms with van der Waals surface area (Å²) in [4.78, 5) is 18.6. The molecule has 5 rings (SSSR count). The van der Waals surface area contributed by atoms with Gasteiger partial charge in [0.2, 0.25) is 11.1 Å². The molecular formula is C32H39ClN4O4S. The molecular weight excluding hydrogens is 572 g/mol. The zero-order valence-corrected chi connectivity index (χ0v) is 26.1. The molecule has 224 valence electrons. The van der Waals surface area contributed by atoms with Gasteiger partial charge in [0, 0.05) is 16.5 Å². The Kier molecular flexibility index (Phi) is 10.3. The van der Waals surface area contributed by atoms with E-state index in [9.17, 15) is 4.79 Å². The number of hydrogen-bond acceptors (Lipinski definition) is 8. The summed E-state index contributed by atoms with van der Waals surface area (Å²) in [7, 11) is 0. The molecule has 0 radical (unpaired) electrons. The lowest BCUT2D eigenvalue weighted by molar-refractivity contribution is -0.146. The minimum Gasteiger partial charge on any atom is -0.490 e. The summed E-state index contributed by atoms with van der Waals surface area (Å²) < 4.78 is 19.9. The number of carbonyl (C=O) groups is 1. The van der Waals surface area contributed by atoms with Crippen molar-refractivity contribution in [1.82, 2.24) is 14.8 Å². The van der Waals surface area contributed by atoms with Crippen LogP contribution in [0.1, 0.15) is 82.9 Å². The maximum Gasteiger partial charge on any atom is 0.338 e. The first-order chi connectivity index (χ1) is 20.5. The summed E-state index contributed by atoms with van der Waals surface area (Å²) >= 11 is 7.88. The van der Waals surface area contributed by atoms with Gasteiger partial charge < -0.3 is 19.5 Å². The van der Waals surface area contributed by atoms with Crippen molar-refractivity contribution in [3.8, 4) is 11.5 Å². The third-order valence-electron chi connectivity index (χ3n) is 7.53. The molecule has 2 heterocycles. The van der Waals surface area contributed by atoms with E-state index in [0.717, 1.165) is 49.7 Å². The van der Waals surface area contributed by atoms with Crippen molar-refractivity contribution in [2.24, 2.45) is 0 Å². The van der Waals surface area contributed by atoms with Crippen LogP contribution in [0.2, 0.25) is 5.02 Å². The number of carbonyl (C=O) groups excluding carboxylic acids is 1. The first-order valence-electron chi connectivity index (χ1n) is 14.9. The van der Waals surface area contributed by atoms with Crippen molar-refractivity contribution in [2.45, 2.75) is 88.8 Å². The standard InChI is InChI=1S/C32H39ClN4O4S/c1-4-6-18-40-26-17-16-22(19-27(26)39-5-2)29-28(30(38)41-24-13-8-7-9-14-24)21(3)34-31-35-32(36-37(29)31)42-20-23-12-10-11-15-25(23)33/h10-12,15-17,19,24,29H,4-9,13-14,18,20H2,1-3H3,(H,34,35,36). The summed E-state index contributed by atoms with van der Waals surface area (Å²) in [6.07, 6.45) is 7.06. The van der Waals surface area contributed by atoms with Crippen LogP contribution in [0.15, 0.2) is 58.9 Å². The number of allylic oxidation sites excluding steroid dienone is 1. The van der Waals surface area contributed by atoms with Crippen molar-refractivity contribution in [1.29, 1.82) is 0 Å². The highest BCUT2D eigenvalue weighted by Crippen LogP contribution is 2.41. The molecule has 1 aromatic heterocycles. The maximum absolute atomic E-state index is 13.8. The largest absolute Gasteiger partial charge is 0.490 e. The number of esters is 1. The van der Waals surface area contributed by atoms with E-state index in [1.54, 1.807) is 4.68 Å². The lowest BCUT2D eigenvalue weighted by Gasteiger charge is -2.30. The third-order valence-corrected chi connectivity index (χ3v) is 8.79. The smallest absolute Gasteiger partial charge is 0.338 e. The van der Waals surface area contributed by atoms with Crippen LogP contribution in [0.5, 0.6) is 11.5 Å². The molecule has 1 atom stereocenters. The van der Waals surface area contributed by atoms with Crippen molar-refractivity contribution in [3.05, 3.63) is 69.9 Å². The van der Waals surface area contributed by atoms with Gasteiger partial charge in [-0.15, -0.1) is 5.10 Å². The van der Waals surface area contributed by atoms with Crippen molar-refractivity contribution < 1.29 is 19.0 Å². The lowest BCUT2D eigenvalue weighted by Crippen LogP contribution is -2.32. The Bertz CT molecular complexity index is 1420. The molecule has 1 N–H and O–H groups in total. The van der Waals surface area contributed by atoms with Crippen LogP contribution in [-0.2, 0) is 15.3 Å². The molecule has 1 fully saturated rings. The Balaban J connectivity index is 1.50. The molecule has 42 heavy (non-hydrogen) atoms. The van der Waals surface area contributed by atoms with E-state index in [1.165, 1.54) is 18.2 Å². The first-order valence-corrected chi connectivity index (χ1v) is 16.3. The zero-order chi connectivity index (χ0) is 29.5. The molecule has 2 aromatic carbocycles. The van der Waals surface area contributed by atoms with Crippen LogP contribution in [0.3, 0.4) is 0 Å². The number of nitrogens with zero attached hydrogens (tertiary/aromatic N) is 3. The molecule has 0 bridgehead atoms. The molecule has 0 saturated heterocycles. The van der Waals surface area contributed by atoms with Gasteiger partial charge in [0.05, 0.1) is 18.8 Å². The van der Waals surface area contributed by atoms with Gasteiger partial charge in [0.15, 0.2) is 11.5 Å². The molecule has 3 aromatic rings. The SMILES string of the molecule is CCCCOc1ccc(C2C(C(=O)OC3CCCCC3)=C(C)Nc3nc(SCc4ccccc4Cl)nn32)cc1OCC. The Morgan fingerprint density at radius 1 is 1.10 bits per heavy atom. The lowest BCUT2D eigenvalue weighted by atomic mass is 9.94. The Hall–Kier alpha value is -3.17. The third kappa shape index (κ3) is 7.06. The Labute approximate surface area is 257 Å². The molecule has 1 saturated carbocycles. The Morgan fingerprint density at radius 3 is 2.67 bits per heavy atom. The summed E-state index contributed by atoms with van der Waals surface area (Å²) in [5, 5.41) is 9.48. The van der Waals surface area contributed by atoms with E-state index in [4.69, 9.17) is 35.9 Å². The topological polar surface area (TPSA) is 87.5 Å². The van der Waals surface area contributed by atoms with Gasteiger partial charge in [-0.3, -0.25) is 0 Å². The predicted octanol–water partition coefficient (Wildman–Crippen LogP) is 7.97. The number of benzene rings is 2. The minimum atomic E-state index is -0.552. The van der Waals surface area contributed by atoms with Gasteiger partial charge in [-0.25, -0.2) is 9.48 Å². The van der Waals surface area contributed by atoms with Gasteiger partial charge in [-0.2, -0.15) is 4.98 Å². The quantitative estimate of drug-likeness (QED) is 0.125. The van der Waals surface area contributed by atoms with E-state index in [1.807, 2.05) is 56.3 Å². The zero-order valence-electron chi connectivity index (χ0n) is 24.5. The van der Waals surface area contributed by atoms with Gasteiger partial charge in [0.25, 0.3) is 0 Å². The summed E-state index contributed by atoms with van der Waals surface area (Å²) in [6, 6.07) is 13.0. The number of nitrogens with one attached hydrogen (secondary N) is 1. The monoisotopic (exact) mass is 610 g/mol. The molecule has 0 amide bonds. The van der Waals surface area contributed by atoms with Crippen LogP contribution in [0, 0.1) is 0 Å². The maximum atomic E-state index is 13.8. The normalized spacial score (nSPS) is 17.0. The number of unbranched alkanes of at least 4 members (excludes halogenated alkanes) is 1. The second-order valence-corrected chi connectivity index (χ2v) is 12.0. The van der Waals surface area contributed by atoms with Gasteiger partial charge in [0.1, 0.15) is 12.1 Å². The number of aromatic nitrogens is 3. The number of fused-ring (bicyclic) bond motifs is 1. The molecule has 0 spiro atoms. The van der Waals surface area contributed by atoms with Crippen molar-refractivity contribution in [2.75, 3.05) is 18.5 Å². The van der Waals surface area contributed by atoms with Crippen molar-refractivity contribution in [3.63, 3.8) is 0 Å². The molecule has 1 aliphatic carbocycles. The highest BCUT2D eigenvalue weighted by molar-refractivity contribution is 7.98. The second-order valence-electron chi connectivity index (χ2n) is 10.6. The molecule has 1 aliphatic heterocycles. The van der Waals surface area contributed by atoms with Crippen molar-refractivity contribution >= 4 is 35.3 Å². The van der Waals surface area contributed by atoms with Gasteiger partial charge >= 0.3 is 5.97 Å². The van der Waals surface area contributed by atoms with Crippen LogP contribution in [-0.4, -0.2) is 40.1 Å². The average molecular weight is 611 g/mol. The second kappa shape index (κ2) is 14.3. The van der Waals surface area contributed by atoms with Gasteiger partial charge in [-0.1, -0.05) is 67.4 Å². The number of rotatable bonds is 12. The van der Waals surface area contributed by atoms with Crippen LogP contribution >= 0.6 is 23.4 Å². The van der Waals surface area contributed by atoms with Crippen LogP contribution in [0.4, 0.5) is 5.95 Å². The van der Waals surface area contributed by atoms with E-state index < -0.39 is 6.04 Å². The van der Waals surface area contributed by atoms with E-state index in [0.29, 0.717) is 57.9 Å².